The average Bonchev–Trinajstić information content (AvgIpc) is 2.40. The zero-order valence-corrected chi connectivity index (χ0v) is 11.3. The number of hydrogen-bond acceptors (Lipinski definition) is 5. The van der Waals surface area contributed by atoms with E-state index in [-0.39, 0.29) is 11.4 Å². The maximum Gasteiger partial charge on any atom is 0.347 e. The smallest absolute Gasteiger partial charge is 0.322 e. The second-order valence-corrected chi connectivity index (χ2v) is 4.43. The number of nitrogens with one attached hydrogen (secondary N) is 3. The number of halogens is 1. The Morgan fingerprint density at radius 1 is 1.35 bits per heavy atom. The fourth-order valence-electron chi connectivity index (χ4n) is 1.69. The molecule has 0 radical (unpaired) electrons. The number of rotatable bonds is 3. The lowest BCUT2D eigenvalue weighted by atomic mass is 10.2. The molecule has 1 heterocycles. The molecule has 0 saturated carbocycles. The van der Waals surface area contributed by atoms with Gasteiger partial charge < -0.3 is 15.7 Å². The molecule has 1 aromatic carbocycles. The van der Waals surface area contributed by atoms with Crippen molar-refractivity contribution in [3.63, 3.8) is 0 Å². The van der Waals surface area contributed by atoms with Crippen LogP contribution in [0.3, 0.4) is 0 Å². The van der Waals surface area contributed by atoms with Crippen molar-refractivity contribution in [3.8, 4) is 0 Å². The highest BCUT2D eigenvalue weighted by atomic mass is 35.5. The molecule has 0 aliphatic carbocycles. The van der Waals surface area contributed by atoms with Crippen molar-refractivity contribution >= 4 is 29.0 Å². The van der Waals surface area contributed by atoms with Gasteiger partial charge in [0.15, 0.2) is 5.82 Å². The molecular formula is C12H12ClN5O2. The third kappa shape index (κ3) is 2.95. The maximum atomic E-state index is 12.2. The van der Waals surface area contributed by atoms with Crippen molar-refractivity contribution < 1.29 is 4.79 Å². The van der Waals surface area contributed by atoms with Crippen LogP contribution in [0, 0.1) is 6.92 Å². The molecule has 0 atom stereocenters. The van der Waals surface area contributed by atoms with E-state index in [0.717, 1.165) is 0 Å². The van der Waals surface area contributed by atoms with Crippen molar-refractivity contribution in [1.82, 2.24) is 9.97 Å². The molecule has 2 aromatic rings. The van der Waals surface area contributed by atoms with Crippen LogP contribution >= 0.6 is 11.6 Å². The van der Waals surface area contributed by atoms with Crippen molar-refractivity contribution in [2.45, 2.75) is 6.92 Å². The molecule has 0 saturated heterocycles. The standard InChI is InChI=1S/C12H12ClN5O2/c1-6-9(10(18-14)17-12(20)15-6)11(19)16-8-4-2-7(13)3-5-8/h2-5H,14H2,1H3,(H,16,19)(H2,15,17,18,20). The Morgan fingerprint density at radius 2 is 2.00 bits per heavy atom. The van der Waals surface area contributed by atoms with Crippen LogP contribution in [0.1, 0.15) is 16.1 Å². The van der Waals surface area contributed by atoms with E-state index >= 15 is 0 Å². The van der Waals surface area contributed by atoms with Crippen LogP contribution in [0.4, 0.5) is 11.5 Å². The van der Waals surface area contributed by atoms with Gasteiger partial charge >= 0.3 is 5.69 Å². The first kappa shape index (κ1) is 14.0. The van der Waals surface area contributed by atoms with Gasteiger partial charge in [-0.15, -0.1) is 0 Å². The number of hydrazine groups is 1. The summed E-state index contributed by atoms with van der Waals surface area (Å²) in [6.45, 7) is 1.58. The molecule has 0 spiro atoms. The van der Waals surface area contributed by atoms with E-state index in [1.165, 1.54) is 0 Å². The number of carbonyl (C=O) groups is 1. The van der Waals surface area contributed by atoms with Gasteiger partial charge in [-0.25, -0.2) is 10.6 Å². The Hall–Kier alpha value is -2.38. The molecule has 0 bridgehead atoms. The minimum Gasteiger partial charge on any atom is -0.322 e. The summed E-state index contributed by atoms with van der Waals surface area (Å²) in [5.41, 5.74) is 2.75. The first-order valence-corrected chi connectivity index (χ1v) is 6.03. The van der Waals surface area contributed by atoms with Gasteiger partial charge in [0.1, 0.15) is 5.56 Å². The van der Waals surface area contributed by atoms with Crippen LogP contribution in [0.25, 0.3) is 0 Å². The number of aryl methyl sites for hydroxylation is 1. The van der Waals surface area contributed by atoms with E-state index in [1.807, 2.05) is 0 Å². The minimum atomic E-state index is -0.585. The number of nitrogen functional groups attached to an aromatic ring is 1. The summed E-state index contributed by atoms with van der Waals surface area (Å²) >= 11 is 5.77. The van der Waals surface area contributed by atoms with E-state index in [2.05, 4.69) is 20.7 Å². The van der Waals surface area contributed by atoms with Crippen LogP contribution in [-0.4, -0.2) is 15.9 Å². The number of aromatic nitrogens is 2. The molecule has 1 aromatic heterocycles. The monoisotopic (exact) mass is 293 g/mol. The van der Waals surface area contributed by atoms with Crippen molar-refractivity contribution in [3.05, 3.63) is 51.0 Å². The molecule has 2 rings (SSSR count). The van der Waals surface area contributed by atoms with Gasteiger partial charge in [-0.2, -0.15) is 4.98 Å². The summed E-state index contributed by atoms with van der Waals surface area (Å²) in [7, 11) is 0. The minimum absolute atomic E-state index is 0.0118. The van der Waals surface area contributed by atoms with Crippen LogP contribution in [0.5, 0.6) is 0 Å². The lowest BCUT2D eigenvalue weighted by Crippen LogP contribution is -2.25. The van der Waals surface area contributed by atoms with Gasteiger partial charge in [0, 0.05) is 16.4 Å². The van der Waals surface area contributed by atoms with Gasteiger partial charge in [0.25, 0.3) is 5.91 Å². The number of hydrogen-bond donors (Lipinski definition) is 4. The Kier molecular flexibility index (Phi) is 4.02. The zero-order valence-electron chi connectivity index (χ0n) is 10.5. The Labute approximate surface area is 119 Å². The Balaban J connectivity index is 2.34. The van der Waals surface area contributed by atoms with E-state index in [9.17, 15) is 9.59 Å². The summed E-state index contributed by atoms with van der Waals surface area (Å²) in [6.07, 6.45) is 0. The number of aromatic amines is 1. The van der Waals surface area contributed by atoms with E-state index < -0.39 is 11.6 Å². The number of carbonyl (C=O) groups excluding carboxylic acids is 1. The van der Waals surface area contributed by atoms with Crippen molar-refractivity contribution in [2.24, 2.45) is 5.84 Å². The largest absolute Gasteiger partial charge is 0.347 e. The summed E-state index contributed by atoms with van der Waals surface area (Å²) in [4.78, 5) is 29.5. The Bertz CT molecular complexity index is 696. The second-order valence-electron chi connectivity index (χ2n) is 4.00. The van der Waals surface area contributed by atoms with Crippen LogP contribution in [-0.2, 0) is 0 Å². The highest BCUT2D eigenvalue weighted by Gasteiger charge is 2.17. The second kappa shape index (κ2) is 5.72. The zero-order chi connectivity index (χ0) is 14.7. The summed E-state index contributed by atoms with van der Waals surface area (Å²) in [6, 6.07) is 6.61. The summed E-state index contributed by atoms with van der Waals surface area (Å²) in [5, 5.41) is 3.23. The number of nitrogens with two attached hydrogens (primary N) is 1. The predicted molar refractivity (Wildman–Crippen MR) is 76.8 cm³/mol. The van der Waals surface area contributed by atoms with E-state index in [1.54, 1.807) is 31.2 Å². The molecule has 5 N–H and O–H groups in total. The fraction of sp³-hybridized carbons (Fsp3) is 0.0833. The molecule has 0 aliphatic rings. The molecule has 20 heavy (non-hydrogen) atoms. The molecular weight excluding hydrogens is 282 g/mol. The molecule has 1 amide bonds. The fourth-order valence-corrected chi connectivity index (χ4v) is 1.82. The first-order valence-electron chi connectivity index (χ1n) is 5.65. The quantitative estimate of drug-likeness (QED) is 0.503. The van der Waals surface area contributed by atoms with Crippen LogP contribution in [0.15, 0.2) is 29.1 Å². The van der Waals surface area contributed by atoms with Gasteiger partial charge in [-0.1, -0.05) is 11.6 Å². The van der Waals surface area contributed by atoms with Crippen molar-refractivity contribution in [2.75, 3.05) is 10.7 Å². The number of anilines is 2. The molecule has 104 valence electrons. The third-order valence-electron chi connectivity index (χ3n) is 2.59. The number of H-pyrrole nitrogens is 1. The van der Waals surface area contributed by atoms with Gasteiger partial charge in [0.05, 0.1) is 0 Å². The van der Waals surface area contributed by atoms with Gasteiger partial charge in [0.2, 0.25) is 0 Å². The van der Waals surface area contributed by atoms with Gasteiger partial charge in [-0.3, -0.25) is 4.79 Å². The molecule has 7 nitrogen and oxygen atoms in total. The lowest BCUT2D eigenvalue weighted by Gasteiger charge is -2.10. The maximum absolute atomic E-state index is 12.2. The van der Waals surface area contributed by atoms with Crippen LogP contribution in [0.2, 0.25) is 5.02 Å². The Morgan fingerprint density at radius 3 is 2.60 bits per heavy atom. The van der Waals surface area contributed by atoms with Crippen LogP contribution < -0.4 is 22.3 Å². The number of amides is 1. The first-order chi connectivity index (χ1) is 9.51. The predicted octanol–water partition coefficient (Wildman–Crippen LogP) is 1.27. The van der Waals surface area contributed by atoms with E-state index in [0.29, 0.717) is 16.4 Å². The molecule has 0 aliphatic heterocycles. The normalized spacial score (nSPS) is 10.2. The molecule has 8 heteroatoms. The SMILES string of the molecule is Cc1[nH]c(=O)nc(NN)c1C(=O)Nc1ccc(Cl)cc1. The summed E-state index contributed by atoms with van der Waals surface area (Å²) in [5.74, 6) is 4.85. The highest BCUT2D eigenvalue weighted by Crippen LogP contribution is 2.17. The number of benzene rings is 1. The van der Waals surface area contributed by atoms with Gasteiger partial charge in [-0.05, 0) is 31.2 Å². The lowest BCUT2D eigenvalue weighted by molar-refractivity contribution is 0.102. The molecule has 0 unspecified atom stereocenters. The topological polar surface area (TPSA) is 113 Å². The molecule has 0 fully saturated rings. The third-order valence-corrected chi connectivity index (χ3v) is 2.84. The average molecular weight is 294 g/mol. The van der Waals surface area contributed by atoms with E-state index in [4.69, 9.17) is 17.4 Å². The van der Waals surface area contributed by atoms with Crippen molar-refractivity contribution in [1.29, 1.82) is 0 Å². The highest BCUT2D eigenvalue weighted by molar-refractivity contribution is 6.30. The summed E-state index contributed by atoms with van der Waals surface area (Å²) < 4.78 is 0. The number of nitrogens with zero attached hydrogens (tertiary/aromatic N) is 1.